The van der Waals surface area contributed by atoms with Crippen LogP contribution in [0.2, 0.25) is 5.04 Å². The van der Waals surface area contributed by atoms with Gasteiger partial charge in [-0.15, -0.1) is 20.2 Å². The summed E-state index contributed by atoms with van der Waals surface area (Å²) >= 11 is 0. The van der Waals surface area contributed by atoms with Crippen LogP contribution in [0.3, 0.4) is 0 Å². The molecular weight excluding hydrogens is 420 g/mol. The van der Waals surface area contributed by atoms with E-state index in [-0.39, 0.29) is 11.5 Å². The summed E-state index contributed by atoms with van der Waals surface area (Å²) in [4.78, 5) is 29.9. The number of hydrogen-bond donors (Lipinski definition) is 0. The van der Waals surface area contributed by atoms with Gasteiger partial charge in [0.25, 0.3) is 18.5 Å². The fraction of sp³-hybridized carbons (Fsp3) is 0.429. The van der Waals surface area contributed by atoms with Gasteiger partial charge >= 0.3 is 0 Å². The van der Waals surface area contributed by atoms with Gasteiger partial charge < -0.3 is 14.1 Å². The molecule has 0 fully saturated rings. The third kappa shape index (κ3) is 6.50. The van der Waals surface area contributed by atoms with Crippen molar-refractivity contribution in [2.45, 2.75) is 44.8 Å². The molecule has 0 bridgehead atoms. The minimum atomic E-state index is -2.70. The van der Waals surface area contributed by atoms with Crippen LogP contribution in [0.4, 0.5) is 0 Å². The first-order chi connectivity index (χ1) is 14.7. The Hall–Kier alpha value is -2.98. The summed E-state index contributed by atoms with van der Waals surface area (Å²) < 4.78 is 6.69. The predicted molar refractivity (Wildman–Crippen MR) is 118 cm³/mol. The molecule has 0 saturated heterocycles. The van der Waals surface area contributed by atoms with Gasteiger partial charge in [-0.3, -0.25) is 0 Å². The summed E-state index contributed by atoms with van der Waals surface area (Å²) in [5.74, 6) is 0. The maximum atomic E-state index is 10.7. The van der Waals surface area contributed by atoms with E-state index in [9.17, 15) is 20.2 Å². The number of benzene rings is 2. The normalized spacial score (nSPS) is 12.7. The van der Waals surface area contributed by atoms with Crippen LogP contribution in [0, 0.1) is 20.2 Å². The molecule has 0 aliphatic carbocycles. The highest BCUT2D eigenvalue weighted by Gasteiger charge is 2.49. The van der Waals surface area contributed by atoms with Crippen molar-refractivity contribution in [3.05, 3.63) is 80.9 Å². The first kappa shape index (κ1) is 24.3. The minimum Gasteiger partial charge on any atom is -0.407 e. The molecule has 1 unspecified atom stereocenters. The van der Waals surface area contributed by atoms with E-state index < -0.39 is 31.2 Å². The fourth-order valence-electron chi connectivity index (χ4n) is 3.73. The third-order valence-corrected chi connectivity index (χ3v) is 10.0. The smallest absolute Gasteiger partial charge is 0.294 e. The van der Waals surface area contributed by atoms with Gasteiger partial charge in [0.05, 0.1) is 0 Å². The molecule has 0 spiro atoms. The SMILES string of the molecule is CC(C)(C)[Si](OCCCC(CO[N+](=O)[O-])O[N+](=O)[O-])(c1ccccc1)c1ccccc1. The fourth-order valence-corrected chi connectivity index (χ4v) is 8.34. The molecule has 0 heterocycles. The molecule has 31 heavy (non-hydrogen) atoms. The Labute approximate surface area is 182 Å². The second-order valence-corrected chi connectivity index (χ2v) is 12.4. The van der Waals surface area contributed by atoms with Crippen molar-refractivity contribution < 1.29 is 24.3 Å². The van der Waals surface area contributed by atoms with Crippen LogP contribution < -0.4 is 10.4 Å². The highest BCUT2D eigenvalue weighted by Crippen LogP contribution is 2.36. The van der Waals surface area contributed by atoms with Crippen molar-refractivity contribution in [1.82, 2.24) is 0 Å². The van der Waals surface area contributed by atoms with E-state index in [1.54, 1.807) is 0 Å². The average Bonchev–Trinajstić information content (AvgIpc) is 2.72. The van der Waals surface area contributed by atoms with Gasteiger partial charge in [0, 0.05) is 6.61 Å². The standard InChI is InChI=1S/C21H28N2O7Si/c1-21(2,3)31(19-12-6-4-7-13-19,20-14-8-5-9-15-20)29-16-10-11-18(30-23(26)27)17-28-22(24)25/h4-9,12-15,18H,10-11,16-17H2,1-3H3. The van der Waals surface area contributed by atoms with Gasteiger partial charge in [-0.05, 0) is 28.3 Å². The Kier molecular flexibility index (Phi) is 8.52. The second-order valence-electron chi connectivity index (χ2n) is 8.12. The molecule has 9 nitrogen and oxygen atoms in total. The lowest BCUT2D eigenvalue weighted by molar-refractivity contribution is -0.790. The summed E-state index contributed by atoms with van der Waals surface area (Å²) in [7, 11) is -2.70. The molecule has 0 amide bonds. The van der Waals surface area contributed by atoms with E-state index in [1.165, 1.54) is 0 Å². The van der Waals surface area contributed by atoms with Crippen molar-refractivity contribution in [2.24, 2.45) is 0 Å². The predicted octanol–water partition coefficient (Wildman–Crippen LogP) is 3.13. The molecule has 1 atom stereocenters. The summed E-state index contributed by atoms with van der Waals surface area (Å²) in [5.41, 5.74) is 0. The van der Waals surface area contributed by atoms with E-state index >= 15 is 0 Å². The summed E-state index contributed by atoms with van der Waals surface area (Å²) in [6.07, 6.45) is -0.431. The molecule has 2 aromatic carbocycles. The zero-order valence-corrected chi connectivity index (χ0v) is 18.9. The molecular formula is C21H28N2O7Si. The Bertz CT molecular complexity index is 804. The highest BCUT2D eigenvalue weighted by molar-refractivity contribution is 6.99. The number of nitrogens with zero attached hydrogens (tertiary/aromatic N) is 2. The lowest BCUT2D eigenvalue weighted by Crippen LogP contribution is -2.66. The van der Waals surface area contributed by atoms with Crippen molar-refractivity contribution in [2.75, 3.05) is 13.2 Å². The first-order valence-corrected chi connectivity index (χ1v) is 11.9. The monoisotopic (exact) mass is 448 g/mol. The molecule has 0 aromatic heterocycles. The zero-order valence-electron chi connectivity index (χ0n) is 17.9. The molecule has 2 rings (SSSR count). The van der Waals surface area contributed by atoms with Crippen molar-refractivity contribution in [1.29, 1.82) is 0 Å². The summed E-state index contributed by atoms with van der Waals surface area (Å²) in [5, 5.41) is 21.2. The van der Waals surface area contributed by atoms with Crippen molar-refractivity contribution >= 4 is 18.7 Å². The van der Waals surface area contributed by atoms with Crippen LogP contribution in [0.5, 0.6) is 0 Å². The van der Waals surface area contributed by atoms with E-state index in [2.05, 4.69) is 54.7 Å². The first-order valence-electron chi connectivity index (χ1n) is 10.0. The van der Waals surface area contributed by atoms with Gasteiger partial charge in [0.2, 0.25) is 0 Å². The van der Waals surface area contributed by atoms with E-state index in [0.717, 1.165) is 10.4 Å². The third-order valence-electron chi connectivity index (χ3n) is 5.01. The number of rotatable bonds is 12. The highest BCUT2D eigenvalue weighted by atomic mass is 28.4. The molecule has 10 heteroatoms. The molecule has 0 N–H and O–H groups in total. The minimum absolute atomic E-state index is 0.188. The van der Waals surface area contributed by atoms with Crippen LogP contribution in [0.25, 0.3) is 0 Å². The van der Waals surface area contributed by atoms with Crippen molar-refractivity contribution in [3.8, 4) is 0 Å². The Morgan fingerprint density at radius 3 is 1.84 bits per heavy atom. The van der Waals surface area contributed by atoms with Crippen LogP contribution in [-0.4, -0.2) is 37.8 Å². The largest absolute Gasteiger partial charge is 0.407 e. The van der Waals surface area contributed by atoms with Gasteiger partial charge in [-0.2, -0.15) is 0 Å². The quantitative estimate of drug-likeness (QED) is 0.212. The lowest BCUT2D eigenvalue weighted by Gasteiger charge is -2.43. The Morgan fingerprint density at radius 1 is 0.903 bits per heavy atom. The van der Waals surface area contributed by atoms with E-state index in [0.29, 0.717) is 13.0 Å². The zero-order chi connectivity index (χ0) is 22.9. The van der Waals surface area contributed by atoms with Gasteiger partial charge in [0.15, 0.2) is 0 Å². The van der Waals surface area contributed by atoms with E-state index in [1.807, 2.05) is 36.4 Å². The van der Waals surface area contributed by atoms with E-state index in [4.69, 9.17) is 4.43 Å². The van der Waals surface area contributed by atoms with Crippen LogP contribution >= 0.6 is 0 Å². The topological polar surface area (TPSA) is 114 Å². The van der Waals surface area contributed by atoms with Crippen LogP contribution in [-0.2, 0) is 14.1 Å². The van der Waals surface area contributed by atoms with Crippen molar-refractivity contribution in [3.63, 3.8) is 0 Å². The van der Waals surface area contributed by atoms with Gasteiger partial charge in [-0.25, -0.2) is 0 Å². The lowest BCUT2D eigenvalue weighted by atomic mass is 10.2. The molecule has 168 valence electrons. The Balaban J connectivity index is 2.22. The molecule has 0 aliphatic heterocycles. The van der Waals surface area contributed by atoms with Crippen LogP contribution in [0.15, 0.2) is 60.7 Å². The van der Waals surface area contributed by atoms with Gasteiger partial charge in [0.1, 0.15) is 12.7 Å². The number of hydrogen-bond acceptors (Lipinski definition) is 7. The summed E-state index contributed by atoms with van der Waals surface area (Å²) in [6, 6.07) is 20.2. The molecule has 0 radical (unpaired) electrons. The Morgan fingerprint density at radius 2 is 1.42 bits per heavy atom. The average molecular weight is 449 g/mol. The molecule has 2 aromatic rings. The summed E-state index contributed by atoms with van der Waals surface area (Å²) in [6.45, 7) is 6.28. The molecule has 0 saturated carbocycles. The maximum Gasteiger partial charge on any atom is 0.294 e. The maximum absolute atomic E-state index is 10.7. The van der Waals surface area contributed by atoms with Gasteiger partial charge in [-0.1, -0.05) is 81.4 Å². The van der Waals surface area contributed by atoms with Crippen LogP contribution in [0.1, 0.15) is 33.6 Å². The second kappa shape index (κ2) is 10.9. The molecule has 0 aliphatic rings.